The highest BCUT2D eigenvalue weighted by Crippen LogP contribution is 2.27. The summed E-state index contributed by atoms with van der Waals surface area (Å²) in [6, 6.07) is 7.28. The fraction of sp³-hybridized carbons (Fsp3) is 0.600. The van der Waals surface area contributed by atoms with Gasteiger partial charge in [0, 0.05) is 37.4 Å². The Morgan fingerprint density at radius 2 is 2.12 bits per heavy atom. The van der Waals surface area contributed by atoms with Gasteiger partial charge in [0.05, 0.1) is 5.60 Å². The quantitative estimate of drug-likeness (QED) is 0.809. The van der Waals surface area contributed by atoms with E-state index in [4.69, 9.17) is 9.47 Å². The molecule has 1 aliphatic heterocycles. The molecular formula is C20H30N2O4. The number of hydrogen-bond donors (Lipinski definition) is 1. The topological polar surface area (TPSA) is 67.9 Å². The minimum absolute atomic E-state index is 0.0171. The fourth-order valence-electron chi connectivity index (χ4n) is 3.24. The van der Waals surface area contributed by atoms with Gasteiger partial charge in [-0.1, -0.05) is 13.0 Å². The second-order valence-corrected chi connectivity index (χ2v) is 7.15. The van der Waals surface area contributed by atoms with Crippen LogP contribution < -0.4 is 10.1 Å². The van der Waals surface area contributed by atoms with Crippen molar-refractivity contribution in [3.8, 4) is 5.75 Å². The molecular weight excluding hydrogens is 332 g/mol. The number of likely N-dealkylation sites (N-methyl/N-ethyl adjacent to an activating group) is 1. The van der Waals surface area contributed by atoms with Crippen LogP contribution in [0.15, 0.2) is 24.3 Å². The molecule has 1 saturated heterocycles. The van der Waals surface area contributed by atoms with Crippen LogP contribution in [-0.4, -0.2) is 48.1 Å². The number of rotatable bonds is 7. The monoisotopic (exact) mass is 362 g/mol. The van der Waals surface area contributed by atoms with E-state index in [1.807, 2.05) is 11.8 Å². The maximum Gasteiger partial charge on any atom is 0.260 e. The molecule has 6 heteroatoms. The second kappa shape index (κ2) is 9.03. The third-order valence-corrected chi connectivity index (χ3v) is 4.57. The Kier molecular flexibility index (Phi) is 7.03. The van der Waals surface area contributed by atoms with Gasteiger partial charge < -0.3 is 19.7 Å². The number of hydrogen-bond acceptors (Lipinski definition) is 4. The Balaban J connectivity index is 1.94. The molecule has 1 aromatic rings. The molecule has 1 aliphatic rings. The predicted octanol–water partition coefficient (Wildman–Crippen LogP) is 3.22. The first kappa shape index (κ1) is 20.2. The van der Waals surface area contributed by atoms with E-state index < -0.39 is 0 Å². The number of amides is 2. The molecule has 2 rings (SSSR count). The Morgan fingerprint density at radius 1 is 1.35 bits per heavy atom. The zero-order chi connectivity index (χ0) is 19.2. The van der Waals surface area contributed by atoms with E-state index in [0.29, 0.717) is 31.0 Å². The first-order valence-corrected chi connectivity index (χ1v) is 9.30. The first-order valence-electron chi connectivity index (χ1n) is 9.30. The van der Waals surface area contributed by atoms with Gasteiger partial charge in [-0.2, -0.15) is 0 Å². The third-order valence-electron chi connectivity index (χ3n) is 4.57. The van der Waals surface area contributed by atoms with Gasteiger partial charge in [-0.3, -0.25) is 9.59 Å². The van der Waals surface area contributed by atoms with Gasteiger partial charge in [0.2, 0.25) is 5.91 Å². The smallest absolute Gasteiger partial charge is 0.260 e. The lowest BCUT2D eigenvalue weighted by Gasteiger charge is -2.40. The van der Waals surface area contributed by atoms with Crippen molar-refractivity contribution in [3.05, 3.63) is 24.3 Å². The van der Waals surface area contributed by atoms with Crippen LogP contribution in [-0.2, 0) is 14.3 Å². The van der Waals surface area contributed by atoms with E-state index in [9.17, 15) is 9.59 Å². The van der Waals surface area contributed by atoms with Gasteiger partial charge in [-0.15, -0.1) is 0 Å². The molecule has 1 fully saturated rings. The van der Waals surface area contributed by atoms with Crippen LogP contribution in [0.1, 0.15) is 47.0 Å². The van der Waals surface area contributed by atoms with Gasteiger partial charge in [-0.25, -0.2) is 0 Å². The SMILES string of the molecule is CCC(=O)Nc1cccc(OCC(=O)N(CC)[C@@H]2CCOC(C)(C)C2)c1. The number of nitrogens with zero attached hydrogens (tertiary/aromatic N) is 1. The molecule has 1 aromatic carbocycles. The van der Waals surface area contributed by atoms with Gasteiger partial charge in [0.25, 0.3) is 5.91 Å². The Bertz CT molecular complexity index is 630. The number of anilines is 1. The van der Waals surface area contributed by atoms with Crippen LogP contribution in [0.3, 0.4) is 0 Å². The van der Waals surface area contributed by atoms with Crippen LogP contribution in [0.4, 0.5) is 5.69 Å². The number of ether oxygens (including phenoxy) is 2. The molecule has 0 bridgehead atoms. The maximum absolute atomic E-state index is 12.7. The average Bonchev–Trinajstić information content (AvgIpc) is 2.60. The van der Waals surface area contributed by atoms with Gasteiger partial charge >= 0.3 is 0 Å². The van der Waals surface area contributed by atoms with Crippen molar-refractivity contribution < 1.29 is 19.1 Å². The van der Waals surface area contributed by atoms with Crippen LogP contribution in [0.5, 0.6) is 5.75 Å². The number of nitrogens with one attached hydrogen (secondary N) is 1. The third kappa shape index (κ3) is 5.73. The van der Waals surface area contributed by atoms with Crippen molar-refractivity contribution in [1.82, 2.24) is 4.90 Å². The molecule has 6 nitrogen and oxygen atoms in total. The summed E-state index contributed by atoms with van der Waals surface area (Å²) in [7, 11) is 0. The molecule has 0 saturated carbocycles. The lowest BCUT2D eigenvalue weighted by atomic mass is 9.93. The molecule has 0 spiro atoms. The zero-order valence-corrected chi connectivity index (χ0v) is 16.2. The van der Waals surface area contributed by atoms with Crippen molar-refractivity contribution in [3.63, 3.8) is 0 Å². The predicted molar refractivity (Wildman–Crippen MR) is 101 cm³/mol. The van der Waals surface area contributed by atoms with E-state index in [1.165, 1.54) is 0 Å². The summed E-state index contributed by atoms with van der Waals surface area (Å²) in [5.74, 6) is 0.478. The lowest BCUT2D eigenvalue weighted by Crippen LogP contribution is -2.49. The van der Waals surface area contributed by atoms with Crippen molar-refractivity contribution in [2.45, 2.75) is 58.6 Å². The van der Waals surface area contributed by atoms with Crippen molar-refractivity contribution in [2.75, 3.05) is 25.1 Å². The highest BCUT2D eigenvalue weighted by molar-refractivity contribution is 5.90. The molecule has 1 atom stereocenters. The van der Waals surface area contributed by atoms with Crippen LogP contribution >= 0.6 is 0 Å². The molecule has 0 unspecified atom stereocenters. The molecule has 0 aromatic heterocycles. The summed E-state index contributed by atoms with van der Waals surface area (Å²) in [6.07, 6.45) is 2.09. The largest absolute Gasteiger partial charge is 0.484 e. The summed E-state index contributed by atoms with van der Waals surface area (Å²) in [6.45, 7) is 9.20. The van der Waals surface area contributed by atoms with Crippen LogP contribution in [0.2, 0.25) is 0 Å². The van der Waals surface area contributed by atoms with Crippen LogP contribution in [0, 0.1) is 0 Å². The number of carbonyl (C=O) groups is 2. The molecule has 1 heterocycles. The highest BCUT2D eigenvalue weighted by Gasteiger charge is 2.33. The molecule has 144 valence electrons. The summed E-state index contributed by atoms with van der Waals surface area (Å²) in [5.41, 5.74) is 0.462. The van der Waals surface area contributed by atoms with Gasteiger partial charge in [0.1, 0.15) is 5.75 Å². The standard InChI is InChI=1S/C20H30N2O4/c1-5-18(23)21-15-8-7-9-17(12-15)25-14-19(24)22(6-2)16-10-11-26-20(3,4)13-16/h7-9,12,16H,5-6,10-11,13-14H2,1-4H3,(H,21,23)/t16-/m1/s1. The van der Waals surface area contributed by atoms with Crippen molar-refractivity contribution in [2.24, 2.45) is 0 Å². The minimum Gasteiger partial charge on any atom is -0.484 e. The summed E-state index contributed by atoms with van der Waals surface area (Å²) in [4.78, 5) is 26.0. The number of benzene rings is 1. The van der Waals surface area contributed by atoms with Gasteiger partial charge in [0.15, 0.2) is 6.61 Å². The summed E-state index contributed by atoms with van der Waals surface area (Å²) in [5, 5.41) is 2.79. The minimum atomic E-state index is -0.205. The average molecular weight is 362 g/mol. The van der Waals surface area contributed by atoms with Crippen molar-refractivity contribution in [1.29, 1.82) is 0 Å². The van der Waals surface area contributed by atoms with E-state index in [2.05, 4.69) is 19.2 Å². The lowest BCUT2D eigenvalue weighted by molar-refractivity contribution is -0.142. The molecule has 26 heavy (non-hydrogen) atoms. The van der Waals surface area contributed by atoms with E-state index in [-0.39, 0.29) is 30.1 Å². The van der Waals surface area contributed by atoms with Gasteiger partial charge in [-0.05, 0) is 45.7 Å². The van der Waals surface area contributed by atoms with Crippen LogP contribution in [0.25, 0.3) is 0 Å². The number of carbonyl (C=O) groups excluding carboxylic acids is 2. The fourth-order valence-corrected chi connectivity index (χ4v) is 3.24. The molecule has 2 amide bonds. The molecule has 0 radical (unpaired) electrons. The van der Waals surface area contributed by atoms with E-state index in [1.54, 1.807) is 31.2 Å². The summed E-state index contributed by atoms with van der Waals surface area (Å²) >= 11 is 0. The summed E-state index contributed by atoms with van der Waals surface area (Å²) < 4.78 is 11.4. The molecule has 0 aliphatic carbocycles. The first-order chi connectivity index (χ1) is 12.3. The Labute approximate surface area is 155 Å². The molecule has 1 N–H and O–H groups in total. The Hall–Kier alpha value is -2.08. The maximum atomic E-state index is 12.7. The highest BCUT2D eigenvalue weighted by atomic mass is 16.5. The normalized spacial score (nSPS) is 18.8. The van der Waals surface area contributed by atoms with Crippen molar-refractivity contribution >= 4 is 17.5 Å². The zero-order valence-electron chi connectivity index (χ0n) is 16.2. The van der Waals surface area contributed by atoms with E-state index >= 15 is 0 Å². The van der Waals surface area contributed by atoms with E-state index in [0.717, 1.165) is 12.8 Å². The Morgan fingerprint density at radius 3 is 2.77 bits per heavy atom. The second-order valence-electron chi connectivity index (χ2n) is 7.15.